The van der Waals surface area contributed by atoms with Crippen LogP contribution in [0.1, 0.15) is 13.3 Å². The Hall–Kier alpha value is 0.400. The second-order valence-corrected chi connectivity index (χ2v) is 5.84. The highest BCUT2D eigenvalue weighted by atomic mass is 32.2. The molecule has 1 saturated heterocycles. The Labute approximate surface area is 90.1 Å². The lowest BCUT2D eigenvalue weighted by Crippen LogP contribution is -2.42. The van der Waals surface area contributed by atoms with Crippen molar-refractivity contribution >= 4 is 23.5 Å². The second-order valence-electron chi connectivity index (χ2n) is 3.20. The summed E-state index contributed by atoms with van der Waals surface area (Å²) in [6.07, 6.45) is 3.32. The molecule has 76 valence electrons. The van der Waals surface area contributed by atoms with Gasteiger partial charge in [-0.3, -0.25) is 0 Å². The van der Waals surface area contributed by atoms with E-state index in [4.69, 9.17) is 0 Å². The maximum absolute atomic E-state index is 3.89. The van der Waals surface area contributed by atoms with E-state index in [1.165, 1.54) is 17.9 Å². The zero-order chi connectivity index (χ0) is 9.68. The van der Waals surface area contributed by atoms with Crippen molar-refractivity contribution in [2.24, 2.45) is 0 Å². The Morgan fingerprint density at radius 2 is 2.23 bits per heavy atom. The Kier molecular flexibility index (Phi) is 5.29. The Bertz CT molecular complexity index is 161. The van der Waals surface area contributed by atoms with Crippen molar-refractivity contribution < 1.29 is 0 Å². The van der Waals surface area contributed by atoms with E-state index >= 15 is 0 Å². The molecular formula is C10H19NS2. The first-order valence-electron chi connectivity index (χ1n) is 4.86. The lowest BCUT2D eigenvalue weighted by molar-refractivity contribution is 0.602. The highest BCUT2D eigenvalue weighted by Gasteiger charge is 2.29. The number of nitrogens with one attached hydrogen (secondary N) is 1. The van der Waals surface area contributed by atoms with Crippen molar-refractivity contribution in [3.63, 3.8) is 0 Å². The fourth-order valence-corrected chi connectivity index (χ4v) is 4.96. The summed E-state index contributed by atoms with van der Waals surface area (Å²) in [5.74, 6) is 2.60. The van der Waals surface area contributed by atoms with Gasteiger partial charge in [-0.05, 0) is 13.5 Å². The molecule has 3 atom stereocenters. The van der Waals surface area contributed by atoms with Gasteiger partial charge in [-0.1, -0.05) is 13.0 Å². The molecule has 0 amide bonds. The lowest BCUT2D eigenvalue weighted by atomic mass is 10.1. The van der Waals surface area contributed by atoms with E-state index in [1.807, 2.05) is 13.1 Å². The largest absolute Gasteiger partial charge is 0.313 e. The number of hydrogen-bond donors (Lipinski definition) is 1. The summed E-state index contributed by atoms with van der Waals surface area (Å²) in [4.78, 5) is 0. The number of hydrogen-bond acceptors (Lipinski definition) is 3. The van der Waals surface area contributed by atoms with Gasteiger partial charge in [0.25, 0.3) is 0 Å². The molecule has 0 bridgehead atoms. The first-order chi connectivity index (χ1) is 6.33. The predicted octanol–water partition coefficient (Wildman–Crippen LogP) is 2.39. The van der Waals surface area contributed by atoms with Crippen LogP contribution in [-0.2, 0) is 0 Å². The monoisotopic (exact) mass is 217 g/mol. The number of thioether (sulfide) groups is 2. The SMILES string of the molecule is C=CC(NC)C1SCCSC1CC. The average molecular weight is 217 g/mol. The molecule has 1 heterocycles. The molecule has 3 heteroatoms. The highest BCUT2D eigenvalue weighted by Crippen LogP contribution is 2.35. The number of likely N-dealkylation sites (N-methyl/N-ethyl adjacent to an activating group) is 1. The molecule has 0 saturated carbocycles. The second kappa shape index (κ2) is 5.99. The molecule has 3 unspecified atom stereocenters. The average Bonchev–Trinajstić information content (AvgIpc) is 2.20. The Balaban J connectivity index is 2.56. The van der Waals surface area contributed by atoms with E-state index in [1.54, 1.807) is 0 Å². The Morgan fingerprint density at radius 1 is 1.54 bits per heavy atom. The van der Waals surface area contributed by atoms with Crippen LogP contribution in [0.25, 0.3) is 0 Å². The zero-order valence-corrected chi connectivity index (χ0v) is 10.1. The molecule has 1 rings (SSSR count). The van der Waals surface area contributed by atoms with Gasteiger partial charge in [0.1, 0.15) is 0 Å². The van der Waals surface area contributed by atoms with Crippen molar-refractivity contribution in [2.45, 2.75) is 29.9 Å². The van der Waals surface area contributed by atoms with Crippen LogP contribution in [0.5, 0.6) is 0 Å². The van der Waals surface area contributed by atoms with E-state index in [0.717, 1.165) is 5.25 Å². The van der Waals surface area contributed by atoms with Crippen molar-refractivity contribution in [3.8, 4) is 0 Å². The van der Waals surface area contributed by atoms with Gasteiger partial charge in [0, 0.05) is 28.0 Å². The van der Waals surface area contributed by atoms with Crippen molar-refractivity contribution in [1.29, 1.82) is 0 Å². The molecule has 0 radical (unpaired) electrons. The maximum atomic E-state index is 3.89. The fourth-order valence-electron chi connectivity index (χ4n) is 1.69. The van der Waals surface area contributed by atoms with E-state index in [-0.39, 0.29) is 0 Å². The molecule has 0 aromatic carbocycles. The van der Waals surface area contributed by atoms with Crippen LogP contribution in [0, 0.1) is 0 Å². The molecule has 1 N–H and O–H groups in total. The van der Waals surface area contributed by atoms with E-state index in [9.17, 15) is 0 Å². The molecule has 0 aliphatic carbocycles. The van der Waals surface area contributed by atoms with Crippen molar-refractivity contribution in [2.75, 3.05) is 18.6 Å². The molecule has 0 spiro atoms. The summed E-state index contributed by atoms with van der Waals surface area (Å²) in [7, 11) is 2.03. The van der Waals surface area contributed by atoms with Crippen LogP contribution >= 0.6 is 23.5 Å². The fraction of sp³-hybridized carbons (Fsp3) is 0.800. The van der Waals surface area contributed by atoms with E-state index < -0.39 is 0 Å². The lowest BCUT2D eigenvalue weighted by Gasteiger charge is -2.34. The van der Waals surface area contributed by atoms with Gasteiger partial charge in [0.05, 0.1) is 0 Å². The molecule has 1 nitrogen and oxygen atoms in total. The van der Waals surface area contributed by atoms with Gasteiger partial charge in [-0.2, -0.15) is 23.5 Å². The Morgan fingerprint density at radius 3 is 2.77 bits per heavy atom. The van der Waals surface area contributed by atoms with Gasteiger partial charge in [-0.15, -0.1) is 6.58 Å². The predicted molar refractivity (Wildman–Crippen MR) is 65.8 cm³/mol. The minimum absolute atomic E-state index is 0.475. The molecule has 1 fully saturated rings. The molecule has 1 aliphatic rings. The van der Waals surface area contributed by atoms with Crippen LogP contribution in [-0.4, -0.2) is 35.1 Å². The quantitative estimate of drug-likeness (QED) is 0.726. The molecular weight excluding hydrogens is 198 g/mol. The summed E-state index contributed by atoms with van der Waals surface area (Å²) in [6.45, 7) is 6.17. The van der Waals surface area contributed by atoms with Crippen LogP contribution in [0.15, 0.2) is 12.7 Å². The highest BCUT2D eigenvalue weighted by molar-refractivity contribution is 8.07. The van der Waals surface area contributed by atoms with Crippen molar-refractivity contribution in [1.82, 2.24) is 5.32 Å². The molecule has 13 heavy (non-hydrogen) atoms. The minimum atomic E-state index is 0.475. The zero-order valence-electron chi connectivity index (χ0n) is 8.45. The maximum Gasteiger partial charge on any atom is 0.0375 e. The minimum Gasteiger partial charge on any atom is -0.313 e. The molecule has 0 aromatic heterocycles. The third-order valence-corrected chi connectivity index (χ3v) is 5.81. The summed E-state index contributed by atoms with van der Waals surface area (Å²) in [5, 5.41) is 4.85. The van der Waals surface area contributed by atoms with Gasteiger partial charge in [0.2, 0.25) is 0 Å². The third-order valence-electron chi connectivity index (χ3n) is 2.44. The molecule has 1 aliphatic heterocycles. The standard InChI is InChI=1S/C10H19NS2/c1-4-8(11-3)10-9(5-2)12-6-7-13-10/h4,8-11H,1,5-7H2,2-3H3. The normalized spacial score (nSPS) is 31.2. The van der Waals surface area contributed by atoms with Crippen molar-refractivity contribution in [3.05, 3.63) is 12.7 Å². The van der Waals surface area contributed by atoms with Gasteiger partial charge < -0.3 is 5.32 Å². The van der Waals surface area contributed by atoms with E-state index in [2.05, 4.69) is 42.3 Å². The summed E-state index contributed by atoms with van der Waals surface area (Å²) < 4.78 is 0. The van der Waals surface area contributed by atoms with Crippen LogP contribution < -0.4 is 5.32 Å². The first-order valence-corrected chi connectivity index (χ1v) is 6.96. The van der Waals surface area contributed by atoms with Crippen LogP contribution in [0.2, 0.25) is 0 Å². The van der Waals surface area contributed by atoms with E-state index in [0.29, 0.717) is 11.3 Å². The summed E-state index contributed by atoms with van der Waals surface area (Å²) in [5.41, 5.74) is 0. The van der Waals surface area contributed by atoms with Crippen LogP contribution in [0.4, 0.5) is 0 Å². The van der Waals surface area contributed by atoms with Gasteiger partial charge >= 0.3 is 0 Å². The summed E-state index contributed by atoms with van der Waals surface area (Å²) in [6, 6.07) is 0.475. The first kappa shape index (κ1) is 11.5. The van der Waals surface area contributed by atoms with Gasteiger partial charge in [-0.25, -0.2) is 0 Å². The van der Waals surface area contributed by atoms with Gasteiger partial charge in [0.15, 0.2) is 0 Å². The topological polar surface area (TPSA) is 12.0 Å². The smallest absolute Gasteiger partial charge is 0.0375 e. The molecule has 0 aromatic rings. The third kappa shape index (κ3) is 2.93. The summed E-state index contributed by atoms with van der Waals surface area (Å²) >= 11 is 4.22. The van der Waals surface area contributed by atoms with Crippen LogP contribution in [0.3, 0.4) is 0 Å². The number of rotatable bonds is 4.